The van der Waals surface area contributed by atoms with Gasteiger partial charge in [-0.15, -0.1) is 0 Å². The first-order valence-electron chi connectivity index (χ1n) is 5.19. The molecule has 1 heterocycles. The van der Waals surface area contributed by atoms with Crippen LogP contribution in [0.2, 0.25) is 0 Å². The molecule has 0 bridgehead atoms. The molecule has 3 N–H and O–H groups in total. The SMILES string of the molecule is CN(CN)CCc1ccc2oc(=O)[nH]c2c1. The third kappa shape index (κ3) is 2.32. The Morgan fingerprint density at radius 2 is 2.31 bits per heavy atom. The minimum absolute atomic E-state index is 0.411. The molecule has 0 aliphatic rings. The minimum Gasteiger partial charge on any atom is -0.408 e. The Bertz CT molecular complexity index is 529. The van der Waals surface area contributed by atoms with Gasteiger partial charge in [0.2, 0.25) is 0 Å². The zero-order valence-electron chi connectivity index (χ0n) is 9.19. The molecular weight excluding hydrogens is 206 g/mol. The number of likely N-dealkylation sites (N-methyl/N-ethyl adjacent to an activating group) is 1. The Balaban J connectivity index is 2.16. The monoisotopic (exact) mass is 221 g/mol. The first kappa shape index (κ1) is 10.9. The van der Waals surface area contributed by atoms with E-state index in [0.29, 0.717) is 12.3 Å². The number of fused-ring (bicyclic) bond motifs is 1. The summed E-state index contributed by atoms with van der Waals surface area (Å²) in [6.07, 6.45) is 0.900. The van der Waals surface area contributed by atoms with Gasteiger partial charge >= 0.3 is 5.76 Å². The van der Waals surface area contributed by atoms with Crippen molar-refractivity contribution in [3.05, 3.63) is 34.3 Å². The lowest BCUT2D eigenvalue weighted by molar-refractivity contribution is 0.349. The third-order valence-corrected chi connectivity index (χ3v) is 2.58. The van der Waals surface area contributed by atoms with Gasteiger partial charge in [-0.2, -0.15) is 0 Å². The van der Waals surface area contributed by atoms with E-state index < -0.39 is 5.76 Å². The maximum Gasteiger partial charge on any atom is 0.417 e. The van der Waals surface area contributed by atoms with E-state index in [-0.39, 0.29) is 0 Å². The molecule has 2 rings (SSSR count). The van der Waals surface area contributed by atoms with E-state index in [0.717, 1.165) is 24.0 Å². The predicted molar refractivity (Wildman–Crippen MR) is 62.2 cm³/mol. The second kappa shape index (κ2) is 4.51. The lowest BCUT2D eigenvalue weighted by Gasteiger charge is -2.12. The van der Waals surface area contributed by atoms with Crippen molar-refractivity contribution in [1.82, 2.24) is 9.88 Å². The number of aromatic amines is 1. The van der Waals surface area contributed by atoms with Crippen LogP contribution in [-0.2, 0) is 6.42 Å². The number of nitrogens with one attached hydrogen (secondary N) is 1. The van der Waals surface area contributed by atoms with Crippen LogP contribution >= 0.6 is 0 Å². The molecule has 86 valence electrons. The van der Waals surface area contributed by atoms with Crippen molar-refractivity contribution in [3.8, 4) is 0 Å². The molecule has 1 aromatic heterocycles. The highest BCUT2D eigenvalue weighted by Gasteiger charge is 2.02. The van der Waals surface area contributed by atoms with Gasteiger partial charge in [0.1, 0.15) is 0 Å². The van der Waals surface area contributed by atoms with Gasteiger partial charge < -0.3 is 10.2 Å². The van der Waals surface area contributed by atoms with Crippen molar-refractivity contribution in [2.75, 3.05) is 20.3 Å². The van der Waals surface area contributed by atoms with Crippen LogP contribution in [0.1, 0.15) is 5.56 Å². The van der Waals surface area contributed by atoms with E-state index in [1.807, 2.05) is 30.1 Å². The van der Waals surface area contributed by atoms with Gasteiger partial charge in [0.05, 0.1) is 5.52 Å². The van der Waals surface area contributed by atoms with Crippen molar-refractivity contribution in [1.29, 1.82) is 0 Å². The van der Waals surface area contributed by atoms with E-state index >= 15 is 0 Å². The standard InChI is InChI=1S/C11H15N3O2/c1-14(7-12)5-4-8-2-3-10-9(6-8)13-11(15)16-10/h2-3,6H,4-5,7,12H2,1H3,(H,13,15). The van der Waals surface area contributed by atoms with Gasteiger partial charge in [-0.05, 0) is 31.2 Å². The van der Waals surface area contributed by atoms with Crippen molar-refractivity contribution in [2.45, 2.75) is 6.42 Å². The number of nitrogens with zero attached hydrogens (tertiary/aromatic N) is 1. The maximum absolute atomic E-state index is 11.0. The Hall–Kier alpha value is -1.59. The van der Waals surface area contributed by atoms with Crippen LogP contribution in [0.15, 0.2) is 27.4 Å². The van der Waals surface area contributed by atoms with Crippen molar-refractivity contribution < 1.29 is 4.42 Å². The summed E-state index contributed by atoms with van der Waals surface area (Å²) in [5, 5.41) is 0. The minimum atomic E-state index is -0.411. The molecule has 0 atom stereocenters. The Morgan fingerprint density at radius 1 is 1.50 bits per heavy atom. The average molecular weight is 221 g/mol. The molecule has 0 spiro atoms. The number of hydrogen-bond donors (Lipinski definition) is 2. The van der Waals surface area contributed by atoms with Gasteiger partial charge in [-0.1, -0.05) is 6.07 Å². The number of nitrogens with two attached hydrogens (primary N) is 1. The first-order valence-corrected chi connectivity index (χ1v) is 5.19. The predicted octanol–water partition coefficient (Wildman–Crippen LogP) is 0.512. The Kier molecular flexibility index (Phi) is 3.07. The highest BCUT2D eigenvalue weighted by atomic mass is 16.4. The fourth-order valence-corrected chi connectivity index (χ4v) is 1.57. The van der Waals surface area contributed by atoms with E-state index in [1.54, 1.807) is 0 Å². The summed E-state index contributed by atoms with van der Waals surface area (Å²) in [6.45, 7) is 1.44. The topological polar surface area (TPSA) is 75.3 Å². The molecule has 0 saturated heterocycles. The zero-order chi connectivity index (χ0) is 11.5. The number of benzene rings is 1. The van der Waals surface area contributed by atoms with Crippen LogP contribution in [0.4, 0.5) is 0 Å². The molecule has 1 aromatic carbocycles. The highest BCUT2D eigenvalue weighted by molar-refractivity contribution is 5.72. The van der Waals surface area contributed by atoms with Gasteiger partial charge in [-0.25, -0.2) is 4.79 Å². The fraction of sp³-hybridized carbons (Fsp3) is 0.364. The van der Waals surface area contributed by atoms with Crippen LogP contribution in [0.25, 0.3) is 11.1 Å². The third-order valence-electron chi connectivity index (χ3n) is 2.58. The van der Waals surface area contributed by atoms with Crippen molar-refractivity contribution in [2.24, 2.45) is 5.73 Å². The Labute approximate surface area is 92.8 Å². The maximum atomic E-state index is 11.0. The van der Waals surface area contributed by atoms with E-state index in [2.05, 4.69) is 4.98 Å². The second-order valence-electron chi connectivity index (χ2n) is 3.86. The number of oxazole rings is 1. The van der Waals surface area contributed by atoms with Gasteiger partial charge in [0, 0.05) is 13.2 Å². The smallest absolute Gasteiger partial charge is 0.408 e. The fourth-order valence-electron chi connectivity index (χ4n) is 1.57. The van der Waals surface area contributed by atoms with Gasteiger partial charge in [0.25, 0.3) is 0 Å². The van der Waals surface area contributed by atoms with E-state index in [1.165, 1.54) is 0 Å². The summed E-state index contributed by atoms with van der Waals surface area (Å²) in [5.41, 5.74) is 8.00. The summed E-state index contributed by atoms with van der Waals surface area (Å²) in [4.78, 5) is 15.6. The summed E-state index contributed by atoms with van der Waals surface area (Å²) in [7, 11) is 1.97. The van der Waals surface area contributed by atoms with Crippen LogP contribution in [0.5, 0.6) is 0 Å². The molecule has 0 radical (unpaired) electrons. The Morgan fingerprint density at radius 3 is 3.06 bits per heavy atom. The van der Waals surface area contributed by atoms with Crippen LogP contribution in [0.3, 0.4) is 0 Å². The lowest BCUT2D eigenvalue weighted by atomic mass is 10.1. The average Bonchev–Trinajstić information content (AvgIpc) is 2.65. The molecule has 16 heavy (non-hydrogen) atoms. The van der Waals surface area contributed by atoms with Crippen LogP contribution in [0, 0.1) is 0 Å². The zero-order valence-corrected chi connectivity index (χ0v) is 9.19. The summed E-state index contributed by atoms with van der Waals surface area (Å²) >= 11 is 0. The molecule has 0 fully saturated rings. The number of H-pyrrole nitrogens is 1. The number of rotatable bonds is 4. The first-order chi connectivity index (χ1) is 7.69. The molecule has 0 saturated carbocycles. The van der Waals surface area contributed by atoms with E-state index in [4.69, 9.17) is 10.2 Å². The molecule has 0 aliphatic carbocycles. The largest absolute Gasteiger partial charge is 0.417 e. The molecule has 5 heteroatoms. The second-order valence-corrected chi connectivity index (χ2v) is 3.86. The van der Waals surface area contributed by atoms with Gasteiger partial charge in [-0.3, -0.25) is 9.88 Å². The highest BCUT2D eigenvalue weighted by Crippen LogP contribution is 2.12. The molecule has 2 aromatic rings. The van der Waals surface area contributed by atoms with Gasteiger partial charge in [0.15, 0.2) is 5.58 Å². The normalized spacial score (nSPS) is 11.4. The summed E-state index contributed by atoms with van der Waals surface area (Å²) in [6, 6.07) is 5.71. The summed E-state index contributed by atoms with van der Waals surface area (Å²) < 4.78 is 4.93. The van der Waals surface area contributed by atoms with Crippen molar-refractivity contribution >= 4 is 11.1 Å². The molecule has 0 aliphatic heterocycles. The lowest BCUT2D eigenvalue weighted by Crippen LogP contribution is -2.27. The number of aromatic nitrogens is 1. The van der Waals surface area contributed by atoms with Crippen molar-refractivity contribution in [3.63, 3.8) is 0 Å². The molecule has 0 unspecified atom stereocenters. The quantitative estimate of drug-likeness (QED) is 0.738. The molecule has 0 amide bonds. The summed E-state index contributed by atoms with van der Waals surface area (Å²) in [5.74, 6) is -0.411. The van der Waals surface area contributed by atoms with E-state index in [9.17, 15) is 4.79 Å². The van der Waals surface area contributed by atoms with Crippen LogP contribution in [-0.4, -0.2) is 30.1 Å². The molecular formula is C11H15N3O2. The van der Waals surface area contributed by atoms with Crippen LogP contribution < -0.4 is 11.5 Å². The molecule has 5 nitrogen and oxygen atoms in total. The number of hydrogen-bond acceptors (Lipinski definition) is 4.